The second-order valence-corrected chi connectivity index (χ2v) is 8.54. The summed E-state index contributed by atoms with van der Waals surface area (Å²) in [6.45, 7) is 1.35. The van der Waals surface area contributed by atoms with Crippen LogP contribution in [0, 0.1) is 11.8 Å². The maximum atomic E-state index is 12.4. The predicted octanol–water partition coefficient (Wildman–Crippen LogP) is 3.57. The number of anilines is 1. The van der Waals surface area contributed by atoms with Gasteiger partial charge in [-0.3, -0.25) is 4.79 Å². The Balaban J connectivity index is 1.62. The molecule has 9 heteroatoms. The van der Waals surface area contributed by atoms with Gasteiger partial charge in [0.25, 0.3) is 5.91 Å². The molecule has 2 heterocycles. The van der Waals surface area contributed by atoms with E-state index in [1.54, 1.807) is 47.6 Å². The predicted molar refractivity (Wildman–Crippen MR) is 108 cm³/mol. The maximum absolute atomic E-state index is 12.4. The van der Waals surface area contributed by atoms with Crippen LogP contribution in [0.1, 0.15) is 11.1 Å². The van der Waals surface area contributed by atoms with Crippen LogP contribution in [-0.4, -0.2) is 45.9 Å². The van der Waals surface area contributed by atoms with Crippen LogP contribution < -0.4 is 4.90 Å². The van der Waals surface area contributed by atoms with Crippen molar-refractivity contribution in [2.45, 2.75) is 9.29 Å². The molecule has 27 heavy (non-hydrogen) atoms. The second kappa shape index (κ2) is 8.53. The Morgan fingerprint density at radius 2 is 1.78 bits per heavy atom. The molecular formula is C18H14Cl4N4O. The van der Waals surface area contributed by atoms with E-state index in [4.69, 9.17) is 46.4 Å². The molecule has 1 aliphatic rings. The van der Waals surface area contributed by atoms with Crippen molar-refractivity contribution in [2.24, 2.45) is 0 Å². The molecule has 2 aromatic rings. The number of aromatic nitrogens is 2. The number of alkyl halides is 4. The number of amides is 1. The van der Waals surface area contributed by atoms with E-state index in [1.807, 2.05) is 4.90 Å². The molecule has 0 bridgehead atoms. The van der Waals surface area contributed by atoms with Crippen LogP contribution in [-0.2, 0) is 8.59 Å². The van der Waals surface area contributed by atoms with E-state index in [2.05, 4.69) is 21.8 Å². The molecule has 1 aliphatic heterocycles. The molecule has 0 spiro atoms. The van der Waals surface area contributed by atoms with Crippen LogP contribution in [0.3, 0.4) is 0 Å². The highest BCUT2D eigenvalue weighted by Gasteiger charge is 2.29. The Labute approximate surface area is 177 Å². The Bertz CT molecular complexity index is 859. The SMILES string of the molecule is O=C(C#Cc1ccc(C(Cl)(Cl)Cl)cc1)N1CCN(c2ncccn2)C(Cl)C1. The van der Waals surface area contributed by atoms with Gasteiger partial charge in [0.05, 0.1) is 6.54 Å². The molecule has 1 aromatic heterocycles. The van der Waals surface area contributed by atoms with Gasteiger partial charge < -0.3 is 9.80 Å². The van der Waals surface area contributed by atoms with Gasteiger partial charge in [0, 0.05) is 42.5 Å². The summed E-state index contributed by atoms with van der Waals surface area (Å²) in [6.07, 6.45) is 3.31. The van der Waals surface area contributed by atoms with Gasteiger partial charge >= 0.3 is 0 Å². The first kappa shape index (κ1) is 20.0. The van der Waals surface area contributed by atoms with E-state index < -0.39 is 9.29 Å². The van der Waals surface area contributed by atoms with Crippen molar-refractivity contribution in [2.75, 3.05) is 24.5 Å². The zero-order chi connectivity index (χ0) is 19.4. The number of halogens is 4. The first-order chi connectivity index (χ1) is 12.8. The third-order valence-electron chi connectivity index (χ3n) is 3.94. The second-order valence-electron chi connectivity index (χ2n) is 5.75. The molecule has 1 atom stereocenters. The van der Waals surface area contributed by atoms with Crippen LogP contribution in [0.5, 0.6) is 0 Å². The van der Waals surface area contributed by atoms with E-state index in [1.165, 1.54) is 0 Å². The van der Waals surface area contributed by atoms with Gasteiger partial charge in [-0.05, 0) is 18.2 Å². The topological polar surface area (TPSA) is 49.3 Å². The van der Waals surface area contributed by atoms with Crippen molar-refractivity contribution in [1.82, 2.24) is 14.9 Å². The highest BCUT2D eigenvalue weighted by Crippen LogP contribution is 2.37. The summed E-state index contributed by atoms with van der Waals surface area (Å²) < 4.78 is -1.49. The number of nitrogens with zero attached hydrogens (tertiary/aromatic N) is 4. The monoisotopic (exact) mass is 442 g/mol. The third-order valence-corrected chi connectivity index (χ3v) is 4.97. The van der Waals surface area contributed by atoms with E-state index in [0.717, 1.165) is 0 Å². The van der Waals surface area contributed by atoms with Crippen molar-refractivity contribution in [1.29, 1.82) is 0 Å². The van der Waals surface area contributed by atoms with E-state index in [-0.39, 0.29) is 5.91 Å². The number of carbonyl (C=O) groups excluding carboxylic acids is 1. The van der Waals surface area contributed by atoms with Crippen LogP contribution in [0.4, 0.5) is 5.95 Å². The molecule has 140 valence electrons. The van der Waals surface area contributed by atoms with Crippen LogP contribution in [0.25, 0.3) is 0 Å². The number of hydrogen-bond donors (Lipinski definition) is 0. The lowest BCUT2D eigenvalue weighted by Crippen LogP contribution is -2.53. The Hall–Kier alpha value is -1.71. The third kappa shape index (κ3) is 5.18. The number of piperazine rings is 1. The molecule has 0 radical (unpaired) electrons. The van der Waals surface area contributed by atoms with Gasteiger partial charge in [-0.1, -0.05) is 64.5 Å². The van der Waals surface area contributed by atoms with Crippen molar-refractivity contribution in [3.63, 3.8) is 0 Å². The number of carbonyl (C=O) groups is 1. The van der Waals surface area contributed by atoms with Crippen LogP contribution in [0.2, 0.25) is 0 Å². The van der Waals surface area contributed by atoms with Gasteiger partial charge in [0.1, 0.15) is 5.50 Å². The average Bonchev–Trinajstić information content (AvgIpc) is 2.66. The molecular weight excluding hydrogens is 430 g/mol. The molecule has 1 unspecified atom stereocenters. The van der Waals surface area contributed by atoms with Crippen LogP contribution >= 0.6 is 46.4 Å². The summed E-state index contributed by atoms with van der Waals surface area (Å²) >= 11 is 23.9. The fourth-order valence-electron chi connectivity index (χ4n) is 2.54. The number of rotatable bonds is 1. The maximum Gasteiger partial charge on any atom is 0.299 e. The highest BCUT2D eigenvalue weighted by atomic mass is 35.6. The van der Waals surface area contributed by atoms with Crippen molar-refractivity contribution in [3.05, 3.63) is 53.9 Å². The Morgan fingerprint density at radius 1 is 1.11 bits per heavy atom. The van der Waals surface area contributed by atoms with Crippen molar-refractivity contribution in [3.8, 4) is 11.8 Å². The lowest BCUT2D eigenvalue weighted by molar-refractivity contribution is -0.125. The summed E-state index contributed by atoms with van der Waals surface area (Å²) in [4.78, 5) is 24.2. The zero-order valence-corrected chi connectivity index (χ0v) is 17.0. The van der Waals surface area contributed by atoms with E-state index >= 15 is 0 Å². The minimum atomic E-state index is -1.49. The van der Waals surface area contributed by atoms with E-state index in [0.29, 0.717) is 36.7 Å². The minimum absolute atomic E-state index is 0.292. The Kier molecular flexibility index (Phi) is 6.33. The molecule has 0 saturated carbocycles. The van der Waals surface area contributed by atoms with Gasteiger partial charge in [-0.25, -0.2) is 9.97 Å². The van der Waals surface area contributed by atoms with Crippen molar-refractivity contribution >= 4 is 58.3 Å². The standard InChI is InChI=1S/C18H14Cl4N4O/c19-15-12-25(10-11-26(15)17-23-8-1-9-24-17)16(27)7-4-13-2-5-14(6-3-13)18(20,21)22/h1-3,5-6,8-9,15H,10-12H2. The van der Waals surface area contributed by atoms with Crippen LogP contribution in [0.15, 0.2) is 42.7 Å². The number of hydrogen-bond acceptors (Lipinski definition) is 4. The highest BCUT2D eigenvalue weighted by molar-refractivity contribution is 6.66. The zero-order valence-electron chi connectivity index (χ0n) is 13.9. The Morgan fingerprint density at radius 3 is 2.37 bits per heavy atom. The summed E-state index contributed by atoms with van der Waals surface area (Å²) in [5, 5.41) is 0. The average molecular weight is 444 g/mol. The summed E-state index contributed by atoms with van der Waals surface area (Å²) in [5.74, 6) is 5.71. The lowest BCUT2D eigenvalue weighted by Gasteiger charge is -2.37. The molecule has 1 saturated heterocycles. The quantitative estimate of drug-likeness (QED) is 0.384. The molecule has 0 aliphatic carbocycles. The fourth-order valence-corrected chi connectivity index (χ4v) is 3.27. The number of benzene rings is 1. The van der Waals surface area contributed by atoms with Gasteiger partial charge in [-0.15, -0.1) is 0 Å². The van der Waals surface area contributed by atoms with E-state index in [9.17, 15) is 4.79 Å². The molecule has 1 fully saturated rings. The summed E-state index contributed by atoms with van der Waals surface area (Å²) in [6, 6.07) is 8.46. The summed E-state index contributed by atoms with van der Waals surface area (Å²) in [5.41, 5.74) is 0.768. The largest absolute Gasteiger partial charge is 0.327 e. The summed E-state index contributed by atoms with van der Waals surface area (Å²) in [7, 11) is 0. The lowest BCUT2D eigenvalue weighted by atomic mass is 10.1. The van der Waals surface area contributed by atoms with Crippen molar-refractivity contribution < 1.29 is 4.79 Å². The fraction of sp³-hybridized carbons (Fsp3) is 0.278. The molecule has 3 rings (SSSR count). The van der Waals surface area contributed by atoms with Gasteiger partial charge in [0.15, 0.2) is 0 Å². The molecule has 5 nitrogen and oxygen atoms in total. The first-order valence-corrected chi connectivity index (χ1v) is 9.57. The molecule has 1 aromatic carbocycles. The minimum Gasteiger partial charge on any atom is -0.327 e. The van der Waals surface area contributed by atoms with Gasteiger partial charge in [-0.2, -0.15) is 0 Å². The van der Waals surface area contributed by atoms with Gasteiger partial charge in [0.2, 0.25) is 9.74 Å². The molecule has 0 N–H and O–H groups in total. The first-order valence-electron chi connectivity index (χ1n) is 8.00. The normalized spacial score (nSPS) is 17.3. The molecule has 1 amide bonds. The smallest absolute Gasteiger partial charge is 0.299 e.